The van der Waals surface area contributed by atoms with Gasteiger partial charge in [-0.25, -0.2) is 13.2 Å². The minimum atomic E-state index is -3.77. The molecule has 9 nitrogen and oxygen atoms in total. The number of hydrogen-bond acceptors (Lipinski definition) is 6. The fourth-order valence-electron chi connectivity index (χ4n) is 2.57. The van der Waals surface area contributed by atoms with Crippen LogP contribution < -0.4 is 10.1 Å². The fourth-order valence-corrected chi connectivity index (χ4v) is 3.54. The van der Waals surface area contributed by atoms with E-state index < -0.39 is 16.1 Å². The predicted molar refractivity (Wildman–Crippen MR) is 108 cm³/mol. The molecule has 0 saturated carbocycles. The van der Waals surface area contributed by atoms with Gasteiger partial charge in [-0.3, -0.25) is 4.84 Å². The molecule has 2 amide bonds. The molecule has 0 heterocycles. The molecule has 2 aromatic rings. The van der Waals surface area contributed by atoms with Gasteiger partial charge in [0.25, 0.3) is 10.0 Å². The van der Waals surface area contributed by atoms with Crippen LogP contribution >= 0.6 is 0 Å². The Bertz CT molecular complexity index is 918. The summed E-state index contributed by atoms with van der Waals surface area (Å²) in [5.74, 6) is 0.639. The van der Waals surface area contributed by atoms with Gasteiger partial charge in [0.05, 0.1) is 32.3 Å². The van der Waals surface area contributed by atoms with Crippen LogP contribution in [-0.2, 0) is 21.4 Å². The first-order valence-electron chi connectivity index (χ1n) is 8.75. The monoisotopic (exact) mass is 423 g/mol. The number of sulfonamides is 1. The Labute approximate surface area is 170 Å². The molecule has 0 bridgehead atoms. The van der Waals surface area contributed by atoms with Gasteiger partial charge in [-0.2, -0.15) is 0 Å². The van der Waals surface area contributed by atoms with Crippen LogP contribution in [0.3, 0.4) is 0 Å². The first kappa shape index (κ1) is 22.6. The van der Waals surface area contributed by atoms with Crippen molar-refractivity contribution in [1.29, 1.82) is 0 Å². The molecule has 0 fully saturated rings. The molecular weight excluding hydrogens is 398 g/mol. The topological polar surface area (TPSA) is 108 Å². The molecular formula is C19H25N3O6S. The average molecular weight is 423 g/mol. The lowest BCUT2D eigenvalue weighted by Crippen LogP contribution is -2.36. The van der Waals surface area contributed by atoms with Gasteiger partial charge in [0, 0.05) is 24.8 Å². The van der Waals surface area contributed by atoms with E-state index in [0.717, 1.165) is 10.0 Å². The van der Waals surface area contributed by atoms with Gasteiger partial charge < -0.3 is 20.1 Å². The Balaban J connectivity index is 2.13. The molecule has 158 valence electrons. The summed E-state index contributed by atoms with van der Waals surface area (Å²) in [6.45, 7) is 0.152. The molecule has 2 N–H and O–H groups in total. The molecule has 0 saturated heterocycles. The minimum Gasteiger partial charge on any atom is -0.496 e. The Hall–Kier alpha value is -2.66. The molecule has 10 heteroatoms. The number of methoxy groups -OCH3 is 1. The summed E-state index contributed by atoms with van der Waals surface area (Å²) in [5.41, 5.74) is 1.21. The van der Waals surface area contributed by atoms with Gasteiger partial charge in [-0.05, 0) is 30.3 Å². The summed E-state index contributed by atoms with van der Waals surface area (Å²) in [5, 5.41) is 12.0. The number of para-hydroxylation sites is 1. The Kier molecular flexibility index (Phi) is 7.97. The zero-order valence-electron chi connectivity index (χ0n) is 16.5. The molecule has 2 aromatic carbocycles. The maximum atomic E-state index is 12.7. The standard InChI is InChI=1S/C19H25N3O6S/c1-21(28-3)29(25,26)17-10-8-16(9-11-17)20-19(24)22(12-13-23)14-15-6-4-5-7-18(15)27-2/h4-11,23H,12-14H2,1-3H3,(H,20,24). The highest BCUT2D eigenvalue weighted by Crippen LogP contribution is 2.21. The number of amides is 2. The first-order valence-corrected chi connectivity index (χ1v) is 10.2. The van der Waals surface area contributed by atoms with Gasteiger partial charge >= 0.3 is 6.03 Å². The number of nitrogens with zero attached hydrogens (tertiary/aromatic N) is 2. The first-order chi connectivity index (χ1) is 13.8. The van der Waals surface area contributed by atoms with Crippen molar-refractivity contribution in [3.05, 3.63) is 54.1 Å². The quantitative estimate of drug-likeness (QED) is 0.597. The number of aliphatic hydroxyl groups excluding tert-OH is 1. The van der Waals surface area contributed by atoms with Crippen molar-refractivity contribution in [3.63, 3.8) is 0 Å². The van der Waals surface area contributed by atoms with Gasteiger partial charge in [0.15, 0.2) is 0 Å². The Morgan fingerprint density at radius 2 is 1.76 bits per heavy atom. The lowest BCUT2D eigenvalue weighted by atomic mass is 10.2. The van der Waals surface area contributed by atoms with E-state index >= 15 is 0 Å². The van der Waals surface area contributed by atoms with Crippen LogP contribution in [-0.4, -0.2) is 63.3 Å². The summed E-state index contributed by atoms with van der Waals surface area (Å²) >= 11 is 0. The largest absolute Gasteiger partial charge is 0.496 e. The Morgan fingerprint density at radius 3 is 2.34 bits per heavy atom. The van der Waals surface area contributed by atoms with E-state index in [0.29, 0.717) is 11.4 Å². The fraction of sp³-hybridized carbons (Fsp3) is 0.316. The van der Waals surface area contributed by atoms with Gasteiger partial charge in [-0.1, -0.05) is 22.7 Å². The van der Waals surface area contributed by atoms with E-state index in [1.807, 2.05) is 18.2 Å². The summed E-state index contributed by atoms with van der Waals surface area (Å²) in [4.78, 5) is 18.9. The highest BCUT2D eigenvalue weighted by atomic mass is 32.2. The van der Waals surface area contributed by atoms with Crippen LogP contribution in [0.2, 0.25) is 0 Å². The zero-order chi connectivity index (χ0) is 21.4. The van der Waals surface area contributed by atoms with E-state index in [9.17, 15) is 18.3 Å². The number of hydrogen-bond donors (Lipinski definition) is 2. The third-order valence-electron chi connectivity index (χ3n) is 4.21. The van der Waals surface area contributed by atoms with Crippen LogP contribution in [0.25, 0.3) is 0 Å². The average Bonchev–Trinajstić information content (AvgIpc) is 2.73. The lowest BCUT2D eigenvalue weighted by Gasteiger charge is -2.23. The number of carbonyl (C=O) groups excluding carboxylic acids is 1. The molecule has 0 aromatic heterocycles. The molecule has 0 aliphatic rings. The smallest absolute Gasteiger partial charge is 0.322 e. The van der Waals surface area contributed by atoms with Crippen molar-refractivity contribution >= 4 is 21.7 Å². The molecule has 2 rings (SSSR count). The summed E-state index contributed by atoms with van der Waals surface area (Å²) < 4.78 is 30.5. The zero-order valence-corrected chi connectivity index (χ0v) is 17.3. The number of hydroxylamine groups is 1. The molecule has 0 aliphatic heterocycles. The van der Waals surface area contributed by atoms with E-state index in [4.69, 9.17) is 9.57 Å². The maximum absolute atomic E-state index is 12.7. The third-order valence-corrected chi connectivity index (χ3v) is 5.90. The van der Waals surface area contributed by atoms with Crippen LogP contribution in [0.4, 0.5) is 10.5 Å². The summed E-state index contributed by atoms with van der Waals surface area (Å²) in [6, 6.07) is 12.6. The third kappa shape index (κ3) is 5.67. The van der Waals surface area contributed by atoms with E-state index in [-0.39, 0.29) is 24.6 Å². The number of carbonyl (C=O) groups is 1. The molecule has 0 unspecified atom stereocenters. The van der Waals surface area contributed by atoms with Crippen molar-refractivity contribution < 1.29 is 27.9 Å². The minimum absolute atomic E-state index is 0.0288. The van der Waals surface area contributed by atoms with Gasteiger partial charge in [0.1, 0.15) is 5.75 Å². The van der Waals surface area contributed by atoms with Crippen LogP contribution in [0, 0.1) is 0 Å². The number of rotatable bonds is 9. The molecule has 0 radical (unpaired) electrons. The predicted octanol–water partition coefficient (Wildman–Crippen LogP) is 1.90. The summed E-state index contributed by atoms with van der Waals surface area (Å²) in [6.07, 6.45) is 0. The second kappa shape index (κ2) is 10.2. The van der Waals surface area contributed by atoms with Crippen LogP contribution in [0.15, 0.2) is 53.4 Å². The SMILES string of the molecule is COc1ccccc1CN(CCO)C(=O)Nc1ccc(S(=O)(=O)N(C)OC)cc1. The van der Waals surface area contributed by atoms with Crippen molar-refractivity contribution in [2.75, 3.05) is 39.7 Å². The highest BCUT2D eigenvalue weighted by Gasteiger charge is 2.21. The number of anilines is 1. The van der Waals surface area contributed by atoms with E-state index in [1.165, 1.54) is 43.3 Å². The maximum Gasteiger partial charge on any atom is 0.322 e. The van der Waals surface area contributed by atoms with Gasteiger partial charge in [-0.15, -0.1) is 0 Å². The second-order valence-corrected chi connectivity index (χ2v) is 7.94. The Morgan fingerprint density at radius 1 is 1.10 bits per heavy atom. The van der Waals surface area contributed by atoms with Crippen molar-refractivity contribution in [2.45, 2.75) is 11.4 Å². The van der Waals surface area contributed by atoms with E-state index in [1.54, 1.807) is 13.2 Å². The highest BCUT2D eigenvalue weighted by molar-refractivity contribution is 7.89. The lowest BCUT2D eigenvalue weighted by molar-refractivity contribution is -0.0258. The molecule has 0 atom stereocenters. The normalized spacial score (nSPS) is 11.3. The number of benzene rings is 2. The summed E-state index contributed by atoms with van der Waals surface area (Å²) in [7, 11) is 0.322. The number of aliphatic hydroxyl groups is 1. The van der Waals surface area contributed by atoms with Crippen molar-refractivity contribution in [3.8, 4) is 5.75 Å². The molecule has 0 aliphatic carbocycles. The van der Waals surface area contributed by atoms with Crippen molar-refractivity contribution in [2.24, 2.45) is 0 Å². The molecule has 29 heavy (non-hydrogen) atoms. The number of ether oxygens (including phenoxy) is 1. The van der Waals surface area contributed by atoms with Crippen LogP contribution in [0.1, 0.15) is 5.56 Å². The number of nitrogens with one attached hydrogen (secondary N) is 1. The number of urea groups is 1. The van der Waals surface area contributed by atoms with Crippen LogP contribution in [0.5, 0.6) is 5.75 Å². The van der Waals surface area contributed by atoms with Gasteiger partial charge in [0.2, 0.25) is 0 Å². The van der Waals surface area contributed by atoms with E-state index in [2.05, 4.69) is 5.32 Å². The molecule has 0 spiro atoms. The second-order valence-electron chi connectivity index (χ2n) is 6.01. The van der Waals surface area contributed by atoms with Crippen molar-refractivity contribution in [1.82, 2.24) is 9.37 Å².